The molecule has 4 heteroatoms. The number of hydrogen-bond donors (Lipinski definition) is 0. The molecule has 0 bridgehead atoms. The zero-order valence-corrected chi connectivity index (χ0v) is 9.52. The number of carbonyl (C=O) groups is 1. The molecular formula is C12H15BN2O. The molecule has 1 aromatic heterocycles. The highest BCUT2D eigenvalue weighted by atomic mass is 16.1. The fourth-order valence-electron chi connectivity index (χ4n) is 2.07. The molecule has 1 aliphatic heterocycles. The third-order valence-electron chi connectivity index (χ3n) is 3.11. The molecule has 1 aliphatic rings. The van der Waals surface area contributed by atoms with Crippen molar-refractivity contribution in [3.63, 3.8) is 0 Å². The molecule has 16 heavy (non-hydrogen) atoms. The summed E-state index contributed by atoms with van der Waals surface area (Å²) in [6.45, 7) is 1.97. The fourth-order valence-corrected chi connectivity index (χ4v) is 2.07. The van der Waals surface area contributed by atoms with Crippen LogP contribution in [0.2, 0.25) is 0 Å². The number of pyridine rings is 1. The summed E-state index contributed by atoms with van der Waals surface area (Å²) in [5.41, 5.74) is 0.924. The Labute approximate surface area is 97.3 Å². The van der Waals surface area contributed by atoms with E-state index in [1.165, 1.54) is 0 Å². The van der Waals surface area contributed by atoms with Gasteiger partial charge in [0.05, 0.1) is 0 Å². The third-order valence-corrected chi connectivity index (χ3v) is 3.11. The van der Waals surface area contributed by atoms with Gasteiger partial charge in [0.1, 0.15) is 13.5 Å². The van der Waals surface area contributed by atoms with Gasteiger partial charge in [-0.1, -0.05) is 12.1 Å². The molecule has 0 amide bonds. The highest BCUT2D eigenvalue weighted by molar-refractivity contribution is 6.30. The van der Waals surface area contributed by atoms with Crippen molar-refractivity contribution in [2.24, 2.45) is 5.92 Å². The summed E-state index contributed by atoms with van der Waals surface area (Å²) >= 11 is 0. The molecule has 0 spiro atoms. The summed E-state index contributed by atoms with van der Waals surface area (Å²) in [6, 6.07) is 5.23. The number of nitrogens with zero attached hydrogens (tertiary/aromatic N) is 2. The van der Waals surface area contributed by atoms with Crippen LogP contribution in [0.1, 0.15) is 23.3 Å². The lowest BCUT2D eigenvalue weighted by atomic mass is 9.90. The molecule has 2 heterocycles. The summed E-state index contributed by atoms with van der Waals surface area (Å²) in [4.78, 5) is 18.5. The lowest BCUT2D eigenvalue weighted by molar-refractivity contribution is 0.0852. The second-order valence-electron chi connectivity index (χ2n) is 4.39. The maximum atomic E-state index is 12.1. The first-order valence-electron chi connectivity index (χ1n) is 5.62. The van der Waals surface area contributed by atoms with E-state index in [4.69, 9.17) is 7.85 Å². The smallest absolute Gasteiger partial charge is 0.184 e. The first kappa shape index (κ1) is 11.3. The maximum absolute atomic E-state index is 12.1. The average Bonchev–Trinajstić information content (AvgIpc) is 2.29. The van der Waals surface area contributed by atoms with Gasteiger partial charge in [-0.15, -0.1) is 0 Å². The van der Waals surface area contributed by atoms with E-state index in [0.29, 0.717) is 11.3 Å². The van der Waals surface area contributed by atoms with Crippen LogP contribution in [-0.2, 0) is 0 Å². The second kappa shape index (κ2) is 4.79. The van der Waals surface area contributed by atoms with Gasteiger partial charge >= 0.3 is 0 Å². The number of piperidine rings is 1. The Kier molecular flexibility index (Phi) is 3.39. The van der Waals surface area contributed by atoms with Crippen LogP contribution in [0, 0.1) is 5.92 Å². The second-order valence-corrected chi connectivity index (χ2v) is 4.39. The van der Waals surface area contributed by atoms with E-state index < -0.39 is 0 Å². The molecule has 2 rings (SSSR count). The minimum Gasteiger partial charge on any atom is -0.306 e. The molecule has 1 saturated heterocycles. The molecule has 0 atom stereocenters. The highest BCUT2D eigenvalue weighted by Gasteiger charge is 2.24. The summed E-state index contributed by atoms with van der Waals surface area (Å²) in [5.74, 6) is 0.255. The van der Waals surface area contributed by atoms with Crippen molar-refractivity contribution in [3.8, 4) is 0 Å². The summed E-state index contributed by atoms with van der Waals surface area (Å²) in [7, 11) is 7.66. The lowest BCUT2D eigenvalue weighted by Gasteiger charge is -2.27. The number of aromatic nitrogens is 1. The number of likely N-dealkylation sites (tertiary alicyclic amines) is 1. The Hall–Kier alpha value is -1.16. The number of rotatable bonds is 2. The number of hydrogen-bond acceptors (Lipinski definition) is 3. The Morgan fingerprint density at radius 3 is 2.75 bits per heavy atom. The fraction of sp³-hybridized carbons (Fsp3) is 0.500. The van der Waals surface area contributed by atoms with Crippen LogP contribution < -0.4 is 5.59 Å². The van der Waals surface area contributed by atoms with E-state index in [2.05, 4.69) is 16.9 Å². The molecule has 0 aliphatic carbocycles. The molecule has 0 saturated carbocycles. The largest absolute Gasteiger partial charge is 0.306 e. The molecule has 3 nitrogen and oxygen atoms in total. The van der Waals surface area contributed by atoms with E-state index in [0.717, 1.165) is 25.9 Å². The predicted molar refractivity (Wildman–Crippen MR) is 64.2 cm³/mol. The molecule has 82 valence electrons. The molecule has 1 fully saturated rings. The Morgan fingerprint density at radius 2 is 2.12 bits per heavy atom. The van der Waals surface area contributed by atoms with Crippen LogP contribution in [0.5, 0.6) is 0 Å². The van der Waals surface area contributed by atoms with E-state index in [1.54, 1.807) is 18.2 Å². The first-order valence-corrected chi connectivity index (χ1v) is 5.62. The first-order chi connectivity index (χ1) is 7.66. The van der Waals surface area contributed by atoms with Crippen LogP contribution in [0.25, 0.3) is 0 Å². The van der Waals surface area contributed by atoms with Crippen LogP contribution >= 0.6 is 0 Å². The number of ketones is 1. The highest BCUT2D eigenvalue weighted by Crippen LogP contribution is 2.19. The van der Waals surface area contributed by atoms with Crippen molar-refractivity contribution in [2.75, 3.05) is 20.1 Å². The molecule has 0 unspecified atom stereocenters. The standard InChI is InChI=1S/C12H15BN2O/c1-15-7-5-9(6-8-15)12(16)10-3-2-4-11(13)14-10/h2-4,9H,5-8H2,1H3. The molecular weight excluding hydrogens is 199 g/mol. The van der Waals surface area contributed by atoms with Crippen molar-refractivity contribution in [3.05, 3.63) is 23.9 Å². The lowest BCUT2D eigenvalue weighted by Crippen LogP contribution is -2.34. The summed E-state index contributed by atoms with van der Waals surface area (Å²) in [5, 5.41) is 0. The minimum atomic E-state index is 0.116. The molecule has 1 aromatic rings. The SMILES string of the molecule is [B]c1cccc(C(=O)C2CCN(C)CC2)n1. The Morgan fingerprint density at radius 1 is 1.44 bits per heavy atom. The Balaban J connectivity index is 2.08. The summed E-state index contributed by atoms with van der Waals surface area (Å²) < 4.78 is 0. The van der Waals surface area contributed by atoms with Crippen LogP contribution in [0.4, 0.5) is 0 Å². The predicted octanol–water partition coefficient (Wildman–Crippen LogP) is 0.400. The van der Waals surface area contributed by atoms with Crippen LogP contribution in [-0.4, -0.2) is 43.7 Å². The zero-order valence-electron chi connectivity index (χ0n) is 9.52. The minimum absolute atomic E-state index is 0.116. The van der Waals surface area contributed by atoms with Crippen molar-refractivity contribution < 1.29 is 4.79 Å². The van der Waals surface area contributed by atoms with Gasteiger partial charge in [-0.2, -0.15) is 0 Å². The van der Waals surface area contributed by atoms with E-state index in [9.17, 15) is 4.79 Å². The van der Waals surface area contributed by atoms with Gasteiger partial charge in [0, 0.05) is 5.92 Å². The van der Waals surface area contributed by atoms with Gasteiger partial charge in [0.2, 0.25) is 0 Å². The zero-order chi connectivity index (χ0) is 11.5. The van der Waals surface area contributed by atoms with E-state index in [1.807, 2.05) is 0 Å². The van der Waals surface area contributed by atoms with Crippen molar-refractivity contribution >= 4 is 19.2 Å². The average molecular weight is 214 g/mol. The number of Topliss-reactive ketones (excluding diaryl/α,β-unsaturated/α-hetero) is 1. The molecule has 0 N–H and O–H groups in total. The quantitative estimate of drug-likeness (QED) is 0.527. The molecule has 2 radical (unpaired) electrons. The van der Waals surface area contributed by atoms with Gasteiger partial charge in [-0.25, -0.2) is 0 Å². The van der Waals surface area contributed by atoms with E-state index in [-0.39, 0.29) is 11.7 Å². The van der Waals surface area contributed by atoms with Crippen LogP contribution in [0.15, 0.2) is 18.2 Å². The van der Waals surface area contributed by atoms with Crippen molar-refractivity contribution in [2.45, 2.75) is 12.8 Å². The van der Waals surface area contributed by atoms with Gasteiger partial charge in [-0.3, -0.25) is 9.78 Å². The van der Waals surface area contributed by atoms with Crippen LogP contribution in [0.3, 0.4) is 0 Å². The Bertz CT molecular complexity index is 386. The topological polar surface area (TPSA) is 33.2 Å². The van der Waals surface area contributed by atoms with Crippen molar-refractivity contribution in [1.82, 2.24) is 9.88 Å². The van der Waals surface area contributed by atoms with Gasteiger partial charge in [0.15, 0.2) is 5.78 Å². The third kappa shape index (κ3) is 2.50. The van der Waals surface area contributed by atoms with Crippen molar-refractivity contribution in [1.29, 1.82) is 0 Å². The summed E-state index contributed by atoms with van der Waals surface area (Å²) in [6.07, 6.45) is 1.84. The monoisotopic (exact) mass is 214 g/mol. The van der Waals surface area contributed by atoms with Gasteiger partial charge in [-0.05, 0) is 44.6 Å². The normalized spacial score (nSPS) is 18.6. The maximum Gasteiger partial charge on any atom is 0.184 e. The van der Waals surface area contributed by atoms with Gasteiger partial charge in [0.25, 0.3) is 0 Å². The van der Waals surface area contributed by atoms with Gasteiger partial charge < -0.3 is 4.90 Å². The molecule has 0 aromatic carbocycles. The number of carbonyl (C=O) groups excluding carboxylic acids is 1. The van der Waals surface area contributed by atoms with E-state index >= 15 is 0 Å².